The number of nitrogens with zero attached hydrogens (tertiary/aromatic N) is 2. The first-order chi connectivity index (χ1) is 9.19. The normalized spacial score (nSPS) is 11.1. The Balaban J connectivity index is 2.23. The molecule has 2 aromatic heterocycles. The number of benzene rings is 1. The minimum absolute atomic E-state index is 0.0789. The predicted molar refractivity (Wildman–Crippen MR) is 75.1 cm³/mol. The summed E-state index contributed by atoms with van der Waals surface area (Å²) in [6, 6.07) is 5.85. The number of rotatable bonds is 2. The summed E-state index contributed by atoms with van der Waals surface area (Å²) in [7, 11) is 0. The van der Waals surface area contributed by atoms with Crippen LogP contribution in [0.1, 0.15) is 17.5 Å². The maximum atomic E-state index is 11.6. The van der Waals surface area contributed by atoms with Gasteiger partial charge in [0.1, 0.15) is 5.52 Å². The molecule has 0 aliphatic rings. The van der Waals surface area contributed by atoms with Crippen molar-refractivity contribution in [3.05, 3.63) is 34.7 Å². The Bertz CT molecular complexity index is 782. The highest BCUT2D eigenvalue weighted by atomic mass is 79.9. The van der Waals surface area contributed by atoms with E-state index in [4.69, 9.17) is 4.74 Å². The molecular formula is C13H10BrN3O2. The third-order valence-electron chi connectivity index (χ3n) is 2.75. The van der Waals surface area contributed by atoms with E-state index in [9.17, 15) is 4.79 Å². The van der Waals surface area contributed by atoms with Crippen molar-refractivity contribution in [2.75, 3.05) is 6.61 Å². The van der Waals surface area contributed by atoms with Crippen molar-refractivity contribution in [3.63, 3.8) is 0 Å². The molecule has 0 atom stereocenters. The number of hydrogen-bond acceptors (Lipinski definition) is 4. The Morgan fingerprint density at radius 3 is 3.05 bits per heavy atom. The van der Waals surface area contributed by atoms with Crippen LogP contribution in [0.15, 0.2) is 28.9 Å². The highest BCUT2D eigenvalue weighted by Gasteiger charge is 2.13. The first-order valence-electron chi connectivity index (χ1n) is 5.80. The van der Waals surface area contributed by atoms with Gasteiger partial charge >= 0.3 is 5.97 Å². The average Bonchev–Trinajstić information content (AvgIpc) is 2.76. The van der Waals surface area contributed by atoms with Crippen LogP contribution in [0.4, 0.5) is 0 Å². The Morgan fingerprint density at radius 1 is 1.42 bits per heavy atom. The van der Waals surface area contributed by atoms with Crippen molar-refractivity contribution < 1.29 is 9.53 Å². The minimum Gasteiger partial charge on any atom is -0.460 e. The molecule has 0 aliphatic carbocycles. The van der Waals surface area contributed by atoms with Crippen molar-refractivity contribution >= 4 is 43.8 Å². The standard InChI is InChI=1S/C13H10BrN3O2/c1-2-19-13(18)12-15-6-10-11(17-12)8-5-7(14)3-4-9(8)16-10/h3-6,16H,2H2,1H3. The van der Waals surface area contributed by atoms with E-state index in [-0.39, 0.29) is 5.82 Å². The van der Waals surface area contributed by atoms with E-state index in [0.29, 0.717) is 12.1 Å². The van der Waals surface area contributed by atoms with Gasteiger partial charge in [0.15, 0.2) is 0 Å². The van der Waals surface area contributed by atoms with Crippen LogP contribution in [0.5, 0.6) is 0 Å². The Labute approximate surface area is 117 Å². The van der Waals surface area contributed by atoms with Crippen LogP contribution in [-0.4, -0.2) is 27.5 Å². The van der Waals surface area contributed by atoms with Crippen LogP contribution < -0.4 is 0 Å². The van der Waals surface area contributed by atoms with E-state index in [1.54, 1.807) is 13.1 Å². The Hall–Kier alpha value is -1.95. The number of halogens is 1. The predicted octanol–water partition coefficient (Wildman–Crippen LogP) is 3.05. The van der Waals surface area contributed by atoms with E-state index in [1.807, 2.05) is 18.2 Å². The second-order valence-corrected chi connectivity index (χ2v) is 4.91. The van der Waals surface area contributed by atoms with E-state index in [0.717, 1.165) is 20.9 Å². The molecule has 0 saturated heterocycles. The topological polar surface area (TPSA) is 67.9 Å². The van der Waals surface area contributed by atoms with Crippen molar-refractivity contribution in [2.24, 2.45) is 0 Å². The highest BCUT2D eigenvalue weighted by molar-refractivity contribution is 9.10. The zero-order valence-corrected chi connectivity index (χ0v) is 11.7. The molecule has 96 valence electrons. The van der Waals surface area contributed by atoms with Crippen molar-refractivity contribution in [2.45, 2.75) is 6.92 Å². The third kappa shape index (κ3) is 2.08. The van der Waals surface area contributed by atoms with Crippen LogP contribution in [0.25, 0.3) is 21.9 Å². The minimum atomic E-state index is -0.506. The molecule has 0 fully saturated rings. The summed E-state index contributed by atoms with van der Waals surface area (Å²) in [4.78, 5) is 23.2. The van der Waals surface area contributed by atoms with Gasteiger partial charge in [-0.1, -0.05) is 15.9 Å². The molecule has 0 amide bonds. The lowest BCUT2D eigenvalue weighted by molar-refractivity contribution is 0.0512. The number of aromatic nitrogens is 3. The number of fused-ring (bicyclic) bond motifs is 3. The van der Waals surface area contributed by atoms with Gasteiger partial charge in [-0.05, 0) is 25.1 Å². The van der Waals surface area contributed by atoms with Gasteiger partial charge in [0.05, 0.1) is 18.3 Å². The average molecular weight is 320 g/mol. The summed E-state index contributed by atoms with van der Waals surface area (Å²) in [5.41, 5.74) is 2.46. The van der Waals surface area contributed by atoms with Crippen molar-refractivity contribution in [3.8, 4) is 0 Å². The van der Waals surface area contributed by atoms with Crippen molar-refractivity contribution in [1.29, 1.82) is 0 Å². The number of carbonyl (C=O) groups excluding carboxylic acids is 1. The monoisotopic (exact) mass is 319 g/mol. The summed E-state index contributed by atoms with van der Waals surface area (Å²) in [5, 5.41) is 0.942. The molecule has 1 aromatic carbocycles. The van der Waals surface area contributed by atoms with Crippen LogP contribution in [-0.2, 0) is 4.74 Å². The molecule has 5 nitrogen and oxygen atoms in total. The molecule has 0 radical (unpaired) electrons. The maximum Gasteiger partial charge on any atom is 0.376 e. The lowest BCUT2D eigenvalue weighted by atomic mass is 10.2. The van der Waals surface area contributed by atoms with Gasteiger partial charge in [0.2, 0.25) is 5.82 Å². The van der Waals surface area contributed by atoms with Gasteiger partial charge in [-0.3, -0.25) is 0 Å². The summed E-state index contributed by atoms with van der Waals surface area (Å²) in [6.45, 7) is 2.05. The van der Waals surface area contributed by atoms with E-state index < -0.39 is 5.97 Å². The molecule has 0 unspecified atom stereocenters. The molecule has 19 heavy (non-hydrogen) atoms. The molecule has 2 heterocycles. The largest absolute Gasteiger partial charge is 0.460 e. The van der Waals surface area contributed by atoms with E-state index >= 15 is 0 Å². The summed E-state index contributed by atoms with van der Waals surface area (Å²) in [5.74, 6) is -0.427. The van der Waals surface area contributed by atoms with Crippen LogP contribution in [0, 0.1) is 0 Å². The van der Waals surface area contributed by atoms with E-state index in [1.165, 1.54) is 0 Å². The van der Waals surface area contributed by atoms with Crippen LogP contribution in [0.3, 0.4) is 0 Å². The zero-order chi connectivity index (χ0) is 13.4. The van der Waals surface area contributed by atoms with E-state index in [2.05, 4.69) is 30.9 Å². The van der Waals surface area contributed by atoms with Gasteiger partial charge < -0.3 is 9.72 Å². The molecule has 0 bridgehead atoms. The number of ether oxygens (including phenoxy) is 1. The maximum absolute atomic E-state index is 11.6. The van der Waals surface area contributed by atoms with Gasteiger partial charge in [-0.25, -0.2) is 14.8 Å². The molecule has 3 aromatic rings. The fraction of sp³-hybridized carbons (Fsp3) is 0.154. The first-order valence-corrected chi connectivity index (χ1v) is 6.59. The quantitative estimate of drug-likeness (QED) is 0.737. The Kier molecular flexibility index (Phi) is 2.94. The molecule has 1 N–H and O–H groups in total. The molecule has 3 rings (SSSR count). The SMILES string of the molecule is CCOC(=O)c1ncc2[nH]c3ccc(Br)cc3c2n1. The number of esters is 1. The van der Waals surface area contributed by atoms with Gasteiger partial charge in [-0.2, -0.15) is 0 Å². The molecule has 0 aliphatic heterocycles. The van der Waals surface area contributed by atoms with Gasteiger partial charge in [0.25, 0.3) is 0 Å². The fourth-order valence-corrected chi connectivity index (χ4v) is 2.30. The van der Waals surface area contributed by atoms with Gasteiger partial charge in [0, 0.05) is 15.4 Å². The summed E-state index contributed by atoms with van der Waals surface area (Å²) >= 11 is 3.43. The highest BCUT2D eigenvalue weighted by Crippen LogP contribution is 2.26. The third-order valence-corrected chi connectivity index (χ3v) is 3.25. The molecule has 0 saturated carbocycles. The smallest absolute Gasteiger partial charge is 0.376 e. The molecule has 6 heteroatoms. The second kappa shape index (κ2) is 4.62. The number of H-pyrrole nitrogens is 1. The zero-order valence-electron chi connectivity index (χ0n) is 10.1. The molecular weight excluding hydrogens is 310 g/mol. The lowest BCUT2D eigenvalue weighted by Gasteiger charge is -1.99. The second-order valence-electron chi connectivity index (χ2n) is 3.99. The van der Waals surface area contributed by atoms with Crippen LogP contribution in [0.2, 0.25) is 0 Å². The first kappa shape index (κ1) is 12.1. The number of hydrogen-bond donors (Lipinski definition) is 1. The number of nitrogens with one attached hydrogen (secondary N) is 1. The fourth-order valence-electron chi connectivity index (χ4n) is 1.94. The Morgan fingerprint density at radius 2 is 2.26 bits per heavy atom. The van der Waals surface area contributed by atoms with Crippen molar-refractivity contribution in [1.82, 2.24) is 15.0 Å². The summed E-state index contributed by atoms with van der Waals surface area (Å²) in [6.07, 6.45) is 1.60. The van der Waals surface area contributed by atoms with Gasteiger partial charge in [-0.15, -0.1) is 0 Å². The molecule has 0 spiro atoms. The van der Waals surface area contributed by atoms with Crippen LogP contribution >= 0.6 is 15.9 Å². The number of aromatic amines is 1. The number of carbonyl (C=O) groups is 1. The summed E-state index contributed by atoms with van der Waals surface area (Å²) < 4.78 is 5.86. The lowest BCUT2D eigenvalue weighted by Crippen LogP contribution is -2.09.